The molecule has 2 rings (SSSR count). The molecule has 6 nitrogen and oxygen atoms in total. The highest BCUT2D eigenvalue weighted by Crippen LogP contribution is 2.29. The van der Waals surface area contributed by atoms with Crippen LogP contribution in [0.5, 0.6) is 5.75 Å². The van der Waals surface area contributed by atoms with E-state index in [2.05, 4.69) is 0 Å². The summed E-state index contributed by atoms with van der Waals surface area (Å²) in [6.45, 7) is 0.165. The maximum atomic E-state index is 12.9. The monoisotopic (exact) mass is 332 g/mol. The third-order valence-corrected chi connectivity index (χ3v) is 5.03. The molecule has 0 fully saturated rings. The molecule has 0 amide bonds. The number of anilines is 1. The highest BCUT2D eigenvalue weighted by molar-refractivity contribution is 7.92. The van der Waals surface area contributed by atoms with Crippen molar-refractivity contribution in [3.63, 3.8) is 0 Å². The van der Waals surface area contributed by atoms with E-state index < -0.39 is 10.0 Å². The van der Waals surface area contributed by atoms with Crippen LogP contribution in [0.4, 0.5) is 5.69 Å². The van der Waals surface area contributed by atoms with Gasteiger partial charge in [0.2, 0.25) is 0 Å². The fourth-order valence-corrected chi connectivity index (χ4v) is 3.57. The summed E-state index contributed by atoms with van der Waals surface area (Å²) in [7, 11) is -2.43. The van der Waals surface area contributed by atoms with Crippen LogP contribution in [-0.2, 0) is 14.8 Å². The van der Waals surface area contributed by atoms with Gasteiger partial charge in [0.15, 0.2) is 0 Å². The van der Waals surface area contributed by atoms with Crippen molar-refractivity contribution < 1.29 is 18.3 Å². The molecule has 0 atom stereocenters. The van der Waals surface area contributed by atoms with Crippen molar-refractivity contribution in [1.82, 2.24) is 0 Å². The first-order valence-corrected chi connectivity index (χ1v) is 8.24. The molecule has 0 saturated heterocycles. The fraction of sp³-hybridized carbons (Fsp3) is 0.188. The molecule has 0 aromatic heterocycles. The number of nitrogens with zero attached hydrogens (tertiary/aromatic N) is 2. The summed E-state index contributed by atoms with van der Waals surface area (Å²) in [5, 5.41) is 18.9. The highest BCUT2D eigenvalue weighted by Gasteiger charge is 2.26. The molecule has 1 N–H and O–H groups in total. The molecule has 0 unspecified atom stereocenters. The smallest absolute Gasteiger partial charge is 0.264 e. The molecule has 0 radical (unpaired) electrons. The predicted molar refractivity (Wildman–Crippen MR) is 85.7 cm³/mol. The summed E-state index contributed by atoms with van der Waals surface area (Å²) in [5.74, 6) is -0.121. The summed E-state index contributed by atoms with van der Waals surface area (Å²) in [6, 6.07) is 13.8. The van der Waals surface area contributed by atoms with Gasteiger partial charge in [0.25, 0.3) is 10.0 Å². The average molecular weight is 332 g/mol. The molecule has 120 valence electrons. The standard InChI is InChI=1S/C16H16N2O4S/c1-22-10-9-18(16-11-14(19)8-7-13(16)12-17)23(20,21)15-5-3-2-4-6-15/h2-8,11,19H,9-10H2,1H3. The number of hydrogen-bond acceptors (Lipinski definition) is 5. The van der Waals surface area contributed by atoms with Crippen LogP contribution in [0.15, 0.2) is 53.4 Å². The van der Waals surface area contributed by atoms with Crippen molar-refractivity contribution in [3.05, 3.63) is 54.1 Å². The second-order valence-corrected chi connectivity index (χ2v) is 6.56. The van der Waals surface area contributed by atoms with E-state index in [-0.39, 0.29) is 35.0 Å². The largest absolute Gasteiger partial charge is 0.508 e. The Bertz CT molecular complexity index is 814. The minimum absolute atomic E-state index is 0.0197. The van der Waals surface area contributed by atoms with Gasteiger partial charge in [0.05, 0.1) is 29.3 Å². The van der Waals surface area contributed by atoms with Gasteiger partial charge in [-0.2, -0.15) is 5.26 Å². The Kier molecular flexibility index (Phi) is 5.21. The van der Waals surface area contributed by atoms with E-state index in [1.165, 1.54) is 37.4 Å². The van der Waals surface area contributed by atoms with Gasteiger partial charge in [0.1, 0.15) is 11.8 Å². The van der Waals surface area contributed by atoms with Gasteiger partial charge < -0.3 is 9.84 Å². The van der Waals surface area contributed by atoms with Gasteiger partial charge in [-0.05, 0) is 24.3 Å². The Labute approximate surface area is 135 Å². The van der Waals surface area contributed by atoms with Crippen LogP contribution in [0.1, 0.15) is 5.56 Å². The molecule has 23 heavy (non-hydrogen) atoms. The SMILES string of the molecule is COCCN(c1cc(O)ccc1C#N)S(=O)(=O)c1ccccc1. The first kappa shape index (κ1) is 16.8. The van der Waals surface area contributed by atoms with E-state index in [0.717, 1.165) is 4.31 Å². The maximum absolute atomic E-state index is 12.9. The van der Waals surface area contributed by atoms with Crippen molar-refractivity contribution in [2.24, 2.45) is 0 Å². The lowest BCUT2D eigenvalue weighted by Gasteiger charge is -2.25. The molecule has 0 saturated carbocycles. The molecule has 0 aliphatic heterocycles. The van der Waals surface area contributed by atoms with Crippen LogP contribution < -0.4 is 4.31 Å². The normalized spacial score (nSPS) is 11.0. The van der Waals surface area contributed by atoms with Gasteiger partial charge in [-0.15, -0.1) is 0 Å². The molecular weight excluding hydrogens is 316 g/mol. The van der Waals surface area contributed by atoms with Crippen LogP contribution in [0, 0.1) is 11.3 Å². The fourth-order valence-electron chi connectivity index (χ4n) is 2.08. The zero-order chi connectivity index (χ0) is 16.9. The second kappa shape index (κ2) is 7.13. The van der Waals surface area contributed by atoms with E-state index in [1.54, 1.807) is 18.2 Å². The zero-order valence-electron chi connectivity index (χ0n) is 12.5. The van der Waals surface area contributed by atoms with Crippen LogP contribution in [-0.4, -0.2) is 33.8 Å². The summed E-state index contributed by atoms with van der Waals surface area (Å²) in [6.07, 6.45) is 0. The second-order valence-electron chi connectivity index (χ2n) is 4.70. The Morgan fingerprint density at radius 2 is 1.91 bits per heavy atom. The van der Waals surface area contributed by atoms with Gasteiger partial charge in [-0.1, -0.05) is 18.2 Å². The van der Waals surface area contributed by atoms with E-state index in [9.17, 15) is 18.8 Å². The molecule has 0 aliphatic rings. The number of benzene rings is 2. The van der Waals surface area contributed by atoms with Crippen molar-refractivity contribution >= 4 is 15.7 Å². The van der Waals surface area contributed by atoms with Crippen molar-refractivity contribution in [3.8, 4) is 11.8 Å². The first-order chi connectivity index (χ1) is 11.0. The zero-order valence-corrected chi connectivity index (χ0v) is 13.3. The van der Waals surface area contributed by atoms with Gasteiger partial charge in [-0.3, -0.25) is 4.31 Å². The van der Waals surface area contributed by atoms with Crippen molar-refractivity contribution in [1.29, 1.82) is 5.26 Å². The highest BCUT2D eigenvalue weighted by atomic mass is 32.2. The Morgan fingerprint density at radius 3 is 2.52 bits per heavy atom. The van der Waals surface area contributed by atoms with Crippen LogP contribution >= 0.6 is 0 Å². The molecule has 7 heteroatoms. The molecule has 2 aromatic rings. The number of phenolic OH excluding ortho intramolecular Hbond substituents is 1. The average Bonchev–Trinajstić information content (AvgIpc) is 2.56. The Hall–Kier alpha value is -2.56. The third-order valence-electron chi connectivity index (χ3n) is 3.20. The molecule has 0 aliphatic carbocycles. The lowest BCUT2D eigenvalue weighted by Crippen LogP contribution is -2.34. The number of methoxy groups -OCH3 is 1. The van der Waals surface area contributed by atoms with Crippen LogP contribution in [0.25, 0.3) is 0 Å². The molecule has 0 heterocycles. The molecular formula is C16H16N2O4S. The minimum Gasteiger partial charge on any atom is -0.508 e. The van der Waals surface area contributed by atoms with Crippen LogP contribution in [0.2, 0.25) is 0 Å². The Balaban J connectivity index is 2.59. The van der Waals surface area contributed by atoms with E-state index in [4.69, 9.17) is 4.74 Å². The lowest BCUT2D eigenvalue weighted by molar-refractivity contribution is 0.208. The van der Waals surface area contributed by atoms with E-state index in [1.807, 2.05) is 6.07 Å². The van der Waals surface area contributed by atoms with Gasteiger partial charge in [0, 0.05) is 13.2 Å². The topological polar surface area (TPSA) is 90.6 Å². The lowest BCUT2D eigenvalue weighted by atomic mass is 10.2. The van der Waals surface area contributed by atoms with Crippen molar-refractivity contribution in [2.75, 3.05) is 24.6 Å². The van der Waals surface area contributed by atoms with Gasteiger partial charge >= 0.3 is 0 Å². The summed E-state index contributed by atoms with van der Waals surface area (Å²) in [5.41, 5.74) is 0.270. The number of phenols is 1. The number of rotatable bonds is 6. The van der Waals surface area contributed by atoms with E-state index in [0.29, 0.717) is 0 Å². The molecule has 0 spiro atoms. The van der Waals surface area contributed by atoms with Gasteiger partial charge in [-0.25, -0.2) is 8.42 Å². The van der Waals surface area contributed by atoms with Crippen molar-refractivity contribution in [2.45, 2.75) is 4.90 Å². The summed E-state index contributed by atoms with van der Waals surface area (Å²) in [4.78, 5) is 0.100. The minimum atomic E-state index is -3.88. The predicted octanol–water partition coefficient (Wildman–Crippen LogP) is 2.11. The quantitative estimate of drug-likeness (QED) is 0.875. The molecule has 2 aromatic carbocycles. The number of aromatic hydroxyl groups is 1. The van der Waals surface area contributed by atoms with E-state index >= 15 is 0 Å². The number of ether oxygens (including phenoxy) is 1. The maximum Gasteiger partial charge on any atom is 0.264 e. The number of hydrogen-bond donors (Lipinski definition) is 1. The molecule has 0 bridgehead atoms. The summed E-state index contributed by atoms with van der Waals surface area (Å²) < 4.78 is 31.8. The van der Waals surface area contributed by atoms with Crippen LogP contribution in [0.3, 0.4) is 0 Å². The first-order valence-electron chi connectivity index (χ1n) is 6.80. The number of nitriles is 1. The summed E-state index contributed by atoms with van der Waals surface area (Å²) >= 11 is 0. The third kappa shape index (κ3) is 3.62. The number of sulfonamides is 1. The Morgan fingerprint density at radius 1 is 1.22 bits per heavy atom.